The zero-order valence-electron chi connectivity index (χ0n) is 15.6. The molecule has 1 fully saturated rings. The predicted molar refractivity (Wildman–Crippen MR) is 94.4 cm³/mol. The van der Waals surface area contributed by atoms with Gasteiger partial charge in [0.1, 0.15) is 0 Å². The highest BCUT2D eigenvalue weighted by atomic mass is 33.1. The van der Waals surface area contributed by atoms with E-state index >= 15 is 0 Å². The smallest absolute Gasteiger partial charge is 0.306 e. The van der Waals surface area contributed by atoms with Crippen molar-refractivity contribution in [3.63, 3.8) is 0 Å². The van der Waals surface area contributed by atoms with Gasteiger partial charge in [0.05, 0.1) is 5.92 Å². The summed E-state index contributed by atoms with van der Waals surface area (Å²) in [5.41, 5.74) is 0. The van der Waals surface area contributed by atoms with Crippen molar-refractivity contribution in [2.45, 2.75) is 44.8 Å². The van der Waals surface area contributed by atoms with E-state index in [1.807, 2.05) is 0 Å². The number of likely N-dealkylation sites (tertiary alicyclic amines) is 1. The standard InChI is InChI=1S/C15H26N2O4S2/c1-11(15(20)21)6-10-22-23-12(2)5-7-16-8-9-17-13(18)3-4-14(17)19/h11-12,16H,3-10H2,1-2H3,(H,20,21)/i3T/hD. The van der Waals surface area contributed by atoms with Crippen LogP contribution in [-0.2, 0) is 14.4 Å². The van der Waals surface area contributed by atoms with Gasteiger partial charge >= 0.3 is 5.97 Å². The van der Waals surface area contributed by atoms with Crippen LogP contribution in [0.4, 0.5) is 0 Å². The summed E-state index contributed by atoms with van der Waals surface area (Å²) in [4.78, 5) is 35.4. The van der Waals surface area contributed by atoms with Crippen molar-refractivity contribution in [1.82, 2.24) is 10.2 Å². The van der Waals surface area contributed by atoms with Crippen molar-refractivity contribution in [3.8, 4) is 0 Å². The zero-order valence-corrected chi connectivity index (χ0v) is 15.2. The van der Waals surface area contributed by atoms with Crippen LogP contribution in [0.5, 0.6) is 0 Å². The fraction of sp³-hybridized carbons (Fsp3) is 0.800. The van der Waals surface area contributed by atoms with Gasteiger partial charge in [0.2, 0.25) is 11.8 Å². The molecule has 1 aliphatic rings. The van der Waals surface area contributed by atoms with Crippen molar-refractivity contribution >= 4 is 39.4 Å². The summed E-state index contributed by atoms with van der Waals surface area (Å²) >= 11 is 0. The molecule has 3 unspecified atom stereocenters. The summed E-state index contributed by atoms with van der Waals surface area (Å²) in [5, 5.41) is 7.61. The molecule has 2 N–H and O–H groups in total. The van der Waals surface area contributed by atoms with E-state index in [9.17, 15) is 14.4 Å². The molecule has 0 aromatic heterocycles. The molecule has 0 radical (unpaired) electrons. The topological polar surface area (TPSA) is 86.7 Å². The number of hydrogen-bond donors (Lipinski definition) is 2. The lowest BCUT2D eigenvalue weighted by atomic mass is 10.1. The number of carbonyl (C=O) groups excluding carboxylic acids is 2. The summed E-state index contributed by atoms with van der Waals surface area (Å²) < 4.78 is 14.0. The Morgan fingerprint density at radius 2 is 2.22 bits per heavy atom. The molecule has 1 saturated heterocycles. The van der Waals surface area contributed by atoms with E-state index in [4.69, 9.17) is 2.80 Å². The fourth-order valence-electron chi connectivity index (χ4n) is 1.93. The molecule has 6 nitrogen and oxygen atoms in total. The molecule has 1 rings (SSSR count). The maximum absolute atomic E-state index is 11.6. The summed E-state index contributed by atoms with van der Waals surface area (Å²) in [6.45, 7) is 5.54. The Morgan fingerprint density at radius 1 is 1.43 bits per heavy atom. The van der Waals surface area contributed by atoms with Crippen LogP contribution in [0.15, 0.2) is 0 Å². The number of nitrogens with one attached hydrogen (secondary N) is 1. The molecular formula is C15H26N2O4S2. The van der Waals surface area contributed by atoms with Gasteiger partial charge in [-0.3, -0.25) is 19.3 Å². The Kier molecular flexibility index (Phi) is 8.13. The zero-order chi connectivity index (χ0) is 18.8. The molecule has 1 heterocycles. The number of aliphatic carboxylic acids is 1. The Hall–Kier alpha value is -0.730. The number of carboxylic acids is 1. The Balaban J connectivity index is 2.02. The van der Waals surface area contributed by atoms with Crippen LogP contribution < -0.4 is 5.32 Å². The van der Waals surface area contributed by atoms with Gasteiger partial charge in [-0.15, -0.1) is 0 Å². The minimum Gasteiger partial charge on any atom is -0.481 e. The second-order valence-corrected chi connectivity index (χ2v) is 8.49. The van der Waals surface area contributed by atoms with Gasteiger partial charge in [0.15, 0.2) is 0 Å². The average molecular weight is 366 g/mol. The second-order valence-electron chi connectivity index (χ2n) is 5.57. The summed E-state index contributed by atoms with van der Waals surface area (Å²) in [6.07, 6.45) is 0.717. The van der Waals surface area contributed by atoms with Crippen LogP contribution in [-0.4, -0.2) is 58.4 Å². The van der Waals surface area contributed by atoms with Gasteiger partial charge in [0, 0.05) is 38.3 Å². The lowest BCUT2D eigenvalue weighted by Crippen LogP contribution is -2.36. The average Bonchev–Trinajstić information content (AvgIpc) is 2.83. The van der Waals surface area contributed by atoms with E-state index in [1.165, 1.54) is 4.90 Å². The van der Waals surface area contributed by atoms with Crippen LogP contribution in [0.25, 0.3) is 1.43 Å². The van der Waals surface area contributed by atoms with Gasteiger partial charge in [-0.1, -0.05) is 35.4 Å². The Labute approximate surface area is 148 Å². The maximum atomic E-state index is 11.6. The third-order valence-electron chi connectivity index (χ3n) is 3.53. The van der Waals surface area contributed by atoms with Crippen molar-refractivity contribution in [2.24, 2.45) is 5.92 Å². The number of amides is 2. The highest BCUT2D eigenvalue weighted by molar-refractivity contribution is 8.76. The minimum absolute atomic E-state index is 0.00185. The molecule has 8 heteroatoms. The number of nitrogens with zero attached hydrogens (tertiary/aromatic N) is 1. The van der Waals surface area contributed by atoms with Gasteiger partial charge < -0.3 is 10.4 Å². The fourth-order valence-corrected chi connectivity index (χ4v) is 4.48. The molecule has 2 amide bonds. The van der Waals surface area contributed by atoms with E-state index in [0.29, 0.717) is 24.8 Å². The number of carbonyl (C=O) groups is 3. The Morgan fingerprint density at radius 3 is 2.87 bits per heavy atom. The molecule has 3 atom stereocenters. The largest absolute Gasteiger partial charge is 0.481 e. The van der Waals surface area contributed by atoms with Gasteiger partial charge in [-0.25, -0.2) is 0 Å². The monoisotopic (exact) mass is 365 g/mol. The quantitative estimate of drug-likeness (QED) is 0.311. The molecule has 23 heavy (non-hydrogen) atoms. The first-order valence-electron chi connectivity index (χ1n) is 8.77. The third kappa shape index (κ3) is 8.08. The predicted octanol–water partition coefficient (Wildman–Crippen LogP) is 2.00. The van der Waals surface area contributed by atoms with Crippen molar-refractivity contribution in [2.75, 3.05) is 25.4 Å². The van der Waals surface area contributed by atoms with Crippen molar-refractivity contribution in [3.05, 3.63) is 0 Å². The second kappa shape index (κ2) is 10.9. The van der Waals surface area contributed by atoms with E-state index < -0.39 is 18.3 Å². The van der Waals surface area contributed by atoms with Crippen molar-refractivity contribution < 1.29 is 20.9 Å². The van der Waals surface area contributed by atoms with Crippen LogP contribution in [0.3, 0.4) is 0 Å². The highest BCUT2D eigenvalue weighted by Gasteiger charge is 2.27. The molecule has 0 aromatic rings. The minimum atomic E-state index is -0.924. The molecule has 0 aliphatic carbocycles. The van der Waals surface area contributed by atoms with Crippen LogP contribution in [0.1, 0.15) is 40.9 Å². The van der Waals surface area contributed by atoms with Gasteiger partial charge in [0.25, 0.3) is 1.43 Å². The van der Waals surface area contributed by atoms with E-state index in [0.717, 1.165) is 18.7 Å². The summed E-state index contributed by atoms with van der Waals surface area (Å²) in [7, 11) is 3.46. The number of hydrogen-bond acceptors (Lipinski definition) is 7. The first kappa shape index (κ1) is 17.1. The maximum Gasteiger partial charge on any atom is 0.306 e. The molecule has 0 spiro atoms. The number of imide groups is 1. The van der Waals surface area contributed by atoms with Gasteiger partial charge in [-0.2, -0.15) is 0 Å². The molecule has 0 aromatic carbocycles. The summed E-state index contributed by atoms with van der Waals surface area (Å²) in [5.74, 6) is -0.561. The van der Waals surface area contributed by atoms with Crippen molar-refractivity contribution in [1.29, 1.82) is 1.43 Å². The lowest BCUT2D eigenvalue weighted by molar-refractivity contribution is -0.141. The number of carboxylic acid groups (broad SMARTS) is 1. The van der Waals surface area contributed by atoms with E-state index in [-0.39, 0.29) is 18.2 Å². The van der Waals surface area contributed by atoms with E-state index in [1.54, 1.807) is 28.5 Å². The normalized spacial score (nSPS) is 21.8. The highest BCUT2D eigenvalue weighted by Crippen LogP contribution is 2.29. The van der Waals surface area contributed by atoms with Crippen LogP contribution in [0, 0.1) is 5.92 Å². The molecule has 0 saturated carbocycles. The number of rotatable bonds is 12. The molecule has 132 valence electrons. The third-order valence-corrected chi connectivity index (χ3v) is 6.52. The molecule has 0 bridgehead atoms. The lowest BCUT2D eigenvalue weighted by Gasteiger charge is -2.15. The SMILES string of the molecule is [2H]OC(=O)C(C)CCSSC(C)CCNCCN1C(=O)CC([3H])C1=O. The van der Waals surface area contributed by atoms with Crippen LogP contribution in [0.2, 0.25) is 0 Å². The Bertz CT molecular complexity index is 471. The van der Waals surface area contributed by atoms with Gasteiger partial charge in [-0.05, 0) is 19.4 Å². The molecule has 1 aliphatic heterocycles. The van der Waals surface area contributed by atoms with Crippen LogP contribution >= 0.6 is 21.6 Å². The summed E-state index contributed by atoms with van der Waals surface area (Å²) in [6, 6.07) is 0. The first-order chi connectivity index (χ1) is 11.9. The molecular weight excluding hydrogens is 336 g/mol. The van der Waals surface area contributed by atoms with E-state index in [2.05, 4.69) is 17.3 Å². The first-order valence-corrected chi connectivity index (χ1v) is 10.2.